The Labute approximate surface area is 87.5 Å². The predicted molar refractivity (Wildman–Crippen MR) is 52.7 cm³/mol. The first-order valence-electron chi connectivity index (χ1n) is 4.83. The molecule has 0 aromatic heterocycles. The second-order valence-corrected chi connectivity index (χ2v) is 3.41. The van der Waals surface area contributed by atoms with E-state index in [9.17, 15) is 4.39 Å². The number of ether oxygens (including phenoxy) is 1. The van der Waals surface area contributed by atoms with Crippen LogP contribution < -0.4 is 5.32 Å². The Morgan fingerprint density at radius 1 is 1.53 bits per heavy atom. The second kappa shape index (κ2) is 4.39. The van der Waals surface area contributed by atoms with Crippen molar-refractivity contribution in [2.24, 2.45) is 0 Å². The van der Waals surface area contributed by atoms with Crippen LogP contribution in [0.1, 0.15) is 17.2 Å². The number of nitrogens with zero attached hydrogens (tertiary/aromatic N) is 1. The standard InChI is InChI=1S/C11H11FN2O/c12-10-2-1-8(5-9(10)6-13)11-7-14-3-4-15-11/h1-2,5,11,14H,3-4,7H2. The molecule has 1 N–H and O–H groups in total. The summed E-state index contributed by atoms with van der Waals surface area (Å²) >= 11 is 0. The molecule has 1 heterocycles. The Bertz CT molecular complexity index is 394. The number of benzene rings is 1. The highest BCUT2D eigenvalue weighted by Crippen LogP contribution is 2.20. The summed E-state index contributed by atoms with van der Waals surface area (Å²) < 4.78 is 18.6. The van der Waals surface area contributed by atoms with Crippen molar-refractivity contribution in [2.45, 2.75) is 6.10 Å². The maximum atomic E-state index is 13.1. The van der Waals surface area contributed by atoms with Gasteiger partial charge in [-0.15, -0.1) is 0 Å². The molecular formula is C11H11FN2O. The number of hydrogen-bond acceptors (Lipinski definition) is 3. The van der Waals surface area contributed by atoms with Crippen molar-refractivity contribution in [1.29, 1.82) is 5.26 Å². The molecule has 1 aromatic carbocycles. The first kappa shape index (κ1) is 10.1. The Kier molecular flexibility index (Phi) is 2.95. The minimum Gasteiger partial charge on any atom is -0.371 e. The fraction of sp³-hybridized carbons (Fsp3) is 0.364. The number of morpholine rings is 1. The van der Waals surface area contributed by atoms with E-state index in [1.807, 2.05) is 6.07 Å². The normalized spacial score (nSPS) is 20.9. The summed E-state index contributed by atoms with van der Waals surface area (Å²) in [6, 6.07) is 6.34. The second-order valence-electron chi connectivity index (χ2n) is 3.41. The zero-order valence-electron chi connectivity index (χ0n) is 8.16. The number of nitrogens with one attached hydrogen (secondary N) is 1. The van der Waals surface area contributed by atoms with Gasteiger partial charge in [-0.05, 0) is 17.7 Å². The molecule has 78 valence electrons. The first-order chi connectivity index (χ1) is 7.31. The molecule has 1 atom stereocenters. The summed E-state index contributed by atoms with van der Waals surface area (Å²) in [5, 5.41) is 11.9. The molecule has 0 amide bonds. The van der Waals surface area contributed by atoms with Gasteiger partial charge in [-0.25, -0.2) is 4.39 Å². The fourth-order valence-electron chi connectivity index (χ4n) is 1.61. The average Bonchev–Trinajstić information content (AvgIpc) is 2.31. The summed E-state index contributed by atoms with van der Waals surface area (Å²) in [6.07, 6.45) is -0.0774. The Balaban J connectivity index is 2.25. The fourth-order valence-corrected chi connectivity index (χ4v) is 1.61. The van der Waals surface area contributed by atoms with Crippen LogP contribution in [-0.2, 0) is 4.74 Å². The van der Waals surface area contributed by atoms with Crippen LogP contribution in [0.15, 0.2) is 18.2 Å². The largest absolute Gasteiger partial charge is 0.371 e. The summed E-state index contributed by atoms with van der Waals surface area (Å²) in [5.74, 6) is -0.481. The molecule has 0 radical (unpaired) electrons. The van der Waals surface area contributed by atoms with Gasteiger partial charge in [0.05, 0.1) is 18.3 Å². The van der Waals surface area contributed by atoms with E-state index in [0.29, 0.717) is 13.2 Å². The van der Waals surface area contributed by atoms with Crippen LogP contribution in [0.4, 0.5) is 4.39 Å². The molecule has 1 aromatic rings. The lowest BCUT2D eigenvalue weighted by Crippen LogP contribution is -2.33. The quantitative estimate of drug-likeness (QED) is 0.754. The molecule has 4 heteroatoms. The van der Waals surface area contributed by atoms with Crippen LogP contribution in [0.2, 0.25) is 0 Å². The van der Waals surface area contributed by atoms with Crippen LogP contribution in [-0.4, -0.2) is 19.7 Å². The van der Waals surface area contributed by atoms with Crippen molar-refractivity contribution in [2.75, 3.05) is 19.7 Å². The van der Waals surface area contributed by atoms with Crippen molar-refractivity contribution >= 4 is 0 Å². The molecule has 0 aliphatic carbocycles. The number of halogens is 1. The first-order valence-corrected chi connectivity index (χ1v) is 4.83. The average molecular weight is 206 g/mol. The molecule has 0 spiro atoms. The molecule has 1 fully saturated rings. The Hall–Kier alpha value is -1.44. The van der Waals surface area contributed by atoms with Crippen molar-refractivity contribution in [1.82, 2.24) is 5.32 Å². The molecule has 1 saturated heterocycles. The van der Waals surface area contributed by atoms with E-state index in [1.165, 1.54) is 6.07 Å². The van der Waals surface area contributed by atoms with E-state index in [4.69, 9.17) is 10.00 Å². The molecule has 1 unspecified atom stereocenters. The Morgan fingerprint density at radius 3 is 3.07 bits per heavy atom. The SMILES string of the molecule is N#Cc1cc(C2CNCCO2)ccc1F. The number of hydrogen-bond donors (Lipinski definition) is 1. The van der Waals surface area contributed by atoms with Crippen molar-refractivity contribution < 1.29 is 9.13 Å². The van der Waals surface area contributed by atoms with E-state index in [1.54, 1.807) is 12.1 Å². The minimum absolute atomic E-state index is 0.0710. The van der Waals surface area contributed by atoms with Gasteiger partial charge in [-0.2, -0.15) is 5.26 Å². The lowest BCUT2D eigenvalue weighted by molar-refractivity contribution is 0.0276. The highest BCUT2D eigenvalue weighted by Gasteiger charge is 2.16. The number of rotatable bonds is 1. The van der Waals surface area contributed by atoms with Gasteiger partial charge in [0.2, 0.25) is 0 Å². The van der Waals surface area contributed by atoms with Crippen molar-refractivity contribution in [3.63, 3.8) is 0 Å². The van der Waals surface area contributed by atoms with E-state index in [0.717, 1.165) is 12.1 Å². The predicted octanol–water partition coefficient (Wildman–Crippen LogP) is 1.36. The lowest BCUT2D eigenvalue weighted by Gasteiger charge is -2.24. The molecule has 15 heavy (non-hydrogen) atoms. The molecule has 1 aliphatic heterocycles. The molecule has 3 nitrogen and oxygen atoms in total. The van der Waals surface area contributed by atoms with Crippen LogP contribution in [0.25, 0.3) is 0 Å². The third-order valence-corrected chi connectivity index (χ3v) is 2.41. The smallest absolute Gasteiger partial charge is 0.140 e. The zero-order valence-corrected chi connectivity index (χ0v) is 8.16. The summed E-state index contributed by atoms with van der Waals surface area (Å²) in [5.41, 5.74) is 0.918. The van der Waals surface area contributed by atoms with Crippen molar-refractivity contribution in [3.8, 4) is 6.07 Å². The van der Waals surface area contributed by atoms with E-state index < -0.39 is 5.82 Å². The van der Waals surface area contributed by atoms with Gasteiger partial charge in [0.1, 0.15) is 11.9 Å². The molecule has 0 bridgehead atoms. The summed E-state index contributed by atoms with van der Waals surface area (Å²) in [6.45, 7) is 2.18. The van der Waals surface area contributed by atoms with Gasteiger partial charge < -0.3 is 10.1 Å². The van der Waals surface area contributed by atoms with Gasteiger partial charge >= 0.3 is 0 Å². The van der Waals surface area contributed by atoms with Crippen LogP contribution in [0.3, 0.4) is 0 Å². The third kappa shape index (κ3) is 2.14. The summed E-state index contributed by atoms with van der Waals surface area (Å²) in [4.78, 5) is 0. The van der Waals surface area contributed by atoms with Gasteiger partial charge in [-0.1, -0.05) is 6.07 Å². The van der Waals surface area contributed by atoms with Gasteiger partial charge in [0, 0.05) is 13.1 Å². The van der Waals surface area contributed by atoms with E-state index in [2.05, 4.69) is 5.32 Å². The minimum atomic E-state index is -0.481. The Morgan fingerprint density at radius 2 is 2.40 bits per heavy atom. The maximum absolute atomic E-state index is 13.1. The maximum Gasteiger partial charge on any atom is 0.140 e. The van der Waals surface area contributed by atoms with Crippen LogP contribution in [0, 0.1) is 17.1 Å². The van der Waals surface area contributed by atoms with Crippen LogP contribution >= 0.6 is 0 Å². The topological polar surface area (TPSA) is 45.0 Å². The van der Waals surface area contributed by atoms with Gasteiger partial charge in [-0.3, -0.25) is 0 Å². The summed E-state index contributed by atoms with van der Waals surface area (Å²) in [7, 11) is 0. The van der Waals surface area contributed by atoms with Crippen molar-refractivity contribution in [3.05, 3.63) is 35.1 Å². The van der Waals surface area contributed by atoms with E-state index >= 15 is 0 Å². The van der Waals surface area contributed by atoms with E-state index in [-0.39, 0.29) is 11.7 Å². The zero-order chi connectivity index (χ0) is 10.7. The van der Waals surface area contributed by atoms with Gasteiger partial charge in [0.15, 0.2) is 0 Å². The highest BCUT2D eigenvalue weighted by atomic mass is 19.1. The molecule has 2 rings (SSSR count). The van der Waals surface area contributed by atoms with Gasteiger partial charge in [0.25, 0.3) is 0 Å². The molecule has 0 saturated carbocycles. The molecule has 1 aliphatic rings. The molecular weight excluding hydrogens is 195 g/mol. The third-order valence-electron chi connectivity index (χ3n) is 2.41. The monoisotopic (exact) mass is 206 g/mol. The lowest BCUT2D eigenvalue weighted by atomic mass is 10.1. The van der Waals surface area contributed by atoms with Crippen LogP contribution in [0.5, 0.6) is 0 Å². The number of nitriles is 1. The highest BCUT2D eigenvalue weighted by molar-refractivity contribution is 5.35.